The first-order valence-electron chi connectivity index (χ1n) is 5.62. The van der Waals surface area contributed by atoms with Gasteiger partial charge in [-0.05, 0) is 31.5 Å². The van der Waals surface area contributed by atoms with Crippen molar-refractivity contribution in [2.75, 3.05) is 5.32 Å². The van der Waals surface area contributed by atoms with Crippen LogP contribution < -0.4 is 10.6 Å². The summed E-state index contributed by atoms with van der Waals surface area (Å²) in [6, 6.07) is 2.82. The van der Waals surface area contributed by atoms with E-state index in [9.17, 15) is 14.0 Å². The van der Waals surface area contributed by atoms with Gasteiger partial charge in [-0.25, -0.2) is 9.18 Å². The molecule has 1 aromatic carbocycles. The predicted octanol–water partition coefficient (Wildman–Crippen LogP) is 2.85. The highest BCUT2D eigenvalue weighted by atomic mass is 35.5. The van der Waals surface area contributed by atoms with Gasteiger partial charge in [-0.15, -0.1) is 0 Å². The quantitative estimate of drug-likeness (QED) is 0.779. The molecule has 0 radical (unpaired) electrons. The minimum absolute atomic E-state index is 0.0345. The standard InChI is InChI=1S/C12H14ClFN2O3/c1-7(2-3-11(17)18)15-12(19)16-10-5-8(13)4-9(14)6-10/h4-7H,2-3H2,1H3,(H,17,18)(H2,15,16,19). The molecule has 0 saturated heterocycles. The molecule has 3 N–H and O–H groups in total. The Labute approximate surface area is 114 Å². The van der Waals surface area contributed by atoms with Gasteiger partial charge in [-0.3, -0.25) is 4.79 Å². The number of carbonyl (C=O) groups is 2. The third-order valence-electron chi connectivity index (χ3n) is 2.29. The molecule has 0 aliphatic carbocycles. The van der Waals surface area contributed by atoms with E-state index in [1.165, 1.54) is 6.07 Å². The van der Waals surface area contributed by atoms with E-state index in [0.29, 0.717) is 6.42 Å². The van der Waals surface area contributed by atoms with Crippen molar-refractivity contribution >= 4 is 29.3 Å². The number of hydrogen-bond donors (Lipinski definition) is 3. The summed E-state index contributed by atoms with van der Waals surface area (Å²) in [7, 11) is 0. The van der Waals surface area contributed by atoms with E-state index in [4.69, 9.17) is 16.7 Å². The Hall–Kier alpha value is -1.82. The van der Waals surface area contributed by atoms with Crippen molar-refractivity contribution < 1.29 is 19.1 Å². The van der Waals surface area contributed by atoms with Crippen molar-refractivity contribution in [3.8, 4) is 0 Å². The number of carboxylic acids is 1. The number of urea groups is 1. The number of carboxylic acid groups (broad SMARTS) is 1. The number of benzene rings is 1. The molecule has 7 heteroatoms. The number of amides is 2. The second-order valence-electron chi connectivity index (χ2n) is 4.09. The van der Waals surface area contributed by atoms with Crippen LogP contribution in [0.4, 0.5) is 14.9 Å². The van der Waals surface area contributed by atoms with Gasteiger partial charge in [0, 0.05) is 23.2 Å². The van der Waals surface area contributed by atoms with Crippen molar-refractivity contribution in [3.05, 3.63) is 29.0 Å². The minimum Gasteiger partial charge on any atom is -0.481 e. The Morgan fingerprint density at radius 2 is 2.11 bits per heavy atom. The minimum atomic E-state index is -0.925. The lowest BCUT2D eigenvalue weighted by Crippen LogP contribution is -2.36. The van der Waals surface area contributed by atoms with Crippen LogP contribution >= 0.6 is 11.6 Å². The summed E-state index contributed by atoms with van der Waals surface area (Å²) in [5, 5.41) is 13.6. The zero-order valence-corrected chi connectivity index (χ0v) is 11.0. The monoisotopic (exact) mass is 288 g/mol. The van der Waals surface area contributed by atoms with Gasteiger partial charge in [0.05, 0.1) is 0 Å². The van der Waals surface area contributed by atoms with E-state index < -0.39 is 17.8 Å². The lowest BCUT2D eigenvalue weighted by atomic mass is 10.2. The smallest absolute Gasteiger partial charge is 0.319 e. The number of anilines is 1. The van der Waals surface area contributed by atoms with Crippen molar-refractivity contribution in [1.29, 1.82) is 0 Å². The molecule has 0 aliphatic rings. The summed E-state index contributed by atoms with van der Waals surface area (Å²) in [4.78, 5) is 21.9. The van der Waals surface area contributed by atoms with Gasteiger partial charge in [0.1, 0.15) is 5.82 Å². The van der Waals surface area contributed by atoms with Crippen LogP contribution in [-0.4, -0.2) is 23.1 Å². The predicted molar refractivity (Wildman–Crippen MR) is 69.9 cm³/mol. The Kier molecular flexibility index (Phi) is 5.57. The highest BCUT2D eigenvalue weighted by Gasteiger charge is 2.10. The fraction of sp³-hybridized carbons (Fsp3) is 0.333. The third-order valence-corrected chi connectivity index (χ3v) is 2.51. The Morgan fingerprint density at radius 1 is 1.42 bits per heavy atom. The van der Waals surface area contributed by atoms with Crippen molar-refractivity contribution in [2.24, 2.45) is 0 Å². The number of aliphatic carboxylic acids is 1. The Balaban J connectivity index is 2.48. The van der Waals surface area contributed by atoms with Crippen LogP contribution in [-0.2, 0) is 4.79 Å². The molecule has 0 spiro atoms. The second kappa shape index (κ2) is 6.94. The van der Waals surface area contributed by atoms with E-state index in [1.54, 1.807) is 6.92 Å². The van der Waals surface area contributed by atoms with Crippen LogP contribution in [0.25, 0.3) is 0 Å². The largest absolute Gasteiger partial charge is 0.481 e. The maximum absolute atomic E-state index is 13.0. The molecule has 1 rings (SSSR count). The van der Waals surface area contributed by atoms with Gasteiger partial charge < -0.3 is 15.7 Å². The molecular formula is C12H14ClFN2O3. The molecule has 1 atom stereocenters. The highest BCUT2D eigenvalue weighted by molar-refractivity contribution is 6.30. The molecule has 5 nitrogen and oxygen atoms in total. The first-order valence-corrected chi connectivity index (χ1v) is 6.00. The van der Waals surface area contributed by atoms with Gasteiger partial charge in [-0.2, -0.15) is 0 Å². The van der Waals surface area contributed by atoms with E-state index in [1.807, 2.05) is 0 Å². The van der Waals surface area contributed by atoms with E-state index in [0.717, 1.165) is 12.1 Å². The normalized spacial score (nSPS) is 11.7. The summed E-state index contributed by atoms with van der Waals surface area (Å²) in [6.45, 7) is 1.68. The van der Waals surface area contributed by atoms with Crippen LogP contribution in [0.3, 0.4) is 0 Å². The summed E-state index contributed by atoms with van der Waals surface area (Å²) >= 11 is 5.65. The van der Waals surface area contributed by atoms with Crippen LogP contribution in [0, 0.1) is 5.82 Å². The molecule has 1 unspecified atom stereocenters. The zero-order chi connectivity index (χ0) is 14.4. The average Bonchev–Trinajstić information content (AvgIpc) is 2.24. The average molecular weight is 289 g/mol. The fourth-order valence-corrected chi connectivity index (χ4v) is 1.65. The maximum Gasteiger partial charge on any atom is 0.319 e. The number of rotatable bonds is 5. The fourth-order valence-electron chi connectivity index (χ4n) is 1.43. The summed E-state index contributed by atoms with van der Waals surface area (Å²) in [5.41, 5.74) is 0.230. The van der Waals surface area contributed by atoms with Gasteiger partial charge in [0.15, 0.2) is 0 Å². The molecule has 19 heavy (non-hydrogen) atoms. The van der Waals surface area contributed by atoms with Gasteiger partial charge in [0.2, 0.25) is 0 Å². The summed E-state index contributed by atoms with van der Waals surface area (Å²) < 4.78 is 13.0. The lowest BCUT2D eigenvalue weighted by molar-refractivity contribution is -0.137. The first-order chi connectivity index (χ1) is 8.86. The van der Waals surface area contributed by atoms with Crippen LogP contribution in [0.1, 0.15) is 19.8 Å². The van der Waals surface area contributed by atoms with E-state index in [2.05, 4.69) is 10.6 Å². The third kappa shape index (κ3) is 6.05. The molecule has 0 fully saturated rings. The van der Waals surface area contributed by atoms with Gasteiger partial charge in [0.25, 0.3) is 0 Å². The van der Waals surface area contributed by atoms with Crippen LogP contribution in [0.5, 0.6) is 0 Å². The van der Waals surface area contributed by atoms with Crippen molar-refractivity contribution in [3.63, 3.8) is 0 Å². The topological polar surface area (TPSA) is 78.4 Å². The van der Waals surface area contributed by atoms with E-state index >= 15 is 0 Å². The highest BCUT2D eigenvalue weighted by Crippen LogP contribution is 2.17. The van der Waals surface area contributed by atoms with Gasteiger partial charge in [-0.1, -0.05) is 11.6 Å². The molecule has 104 valence electrons. The molecule has 0 aliphatic heterocycles. The van der Waals surface area contributed by atoms with Gasteiger partial charge >= 0.3 is 12.0 Å². The second-order valence-corrected chi connectivity index (χ2v) is 4.53. The molecular weight excluding hydrogens is 275 g/mol. The Bertz CT molecular complexity index is 462. The molecule has 0 saturated carbocycles. The molecule has 2 amide bonds. The van der Waals surface area contributed by atoms with Crippen molar-refractivity contribution in [2.45, 2.75) is 25.8 Å². The maximum atomic E-state index is 13.0. The van der Waals surface area contributed by atoms with Crippen molar-refractivity contribution in [1.82, 2.24) is 5.32 Å². The van der Waals surface area contributed by atoms with Crippen LogP contribution in [0.15, 0.2) is 18.2 Å². The number of halogens is 2. The number of nitrogens with one attached hydrogen (secondary N) is 2. The van der Waals surface area contributed by atoms with E-state index in [-0.39, 0.29) is 23.2 Å². The number of hydrogen-bond acceptors (Lipinski definition) is 2. The summed E-state index contributed by atoms with van der Waals surface area (Å²) in [6.07, 6.45) is 0.278. The van der Waals surface area contributed by atoms with Crippen LogP contribution in [0.2, 0.25) is 5.02 Å². The number of carbonyl (C=O) groups excluding carboxylic acids is 1. The zero-order valence-electron chi connectivity index (χ0n) is 10.2. The lowest BCUT2D eigenvalue weighted by Gasteiger charge is -2.13. The molecule has 0 aromatic heterocycles. The molecule has 1 aromatic rings. The Morgan fingerprint density at radius 3 is 2.68 bits per heavy atom. The molecule has 0 bridgehead atoms. The first kappa shape index (κ1) is 15.2. The SMILES string of the molecule is CC(CCC(=O)O)NC(=O)Nc1cc(F)cc(Cl)c1. The molecule has 0 heterocycles. The summed E-state index contributed by atoms with van der Waals surface area (Å²) in [5.74, 6) is -1.48.